The van der Waals surface area contributed by atoms with Gasteiger partial charge in [0.25, 0.3) is 5.91 Å². The fourth-order valence-corrected chi connectivity index (χ4v) is 3.86. The highest BCUT2D eigenvalue weighted by atomic mass is 35.5. The number of phenols is 1. The van der Waals surface area contributed by atoms with Gasteiger partial charge in [0, 0.05) is 11.1 Å². The van der Waals surface area contributed by atoms with Crippen molar-refractivity contribution in [1.29, 1.82) is 0 Å². The zero-order valence-electron chi connectivity index (χ0n) is 13.3. The molecule has 1 N–H and O–H groups in total. The lowest BCUT2D eigenvalue weighted by molar-refractivity contribution is -0.139. The Balaban J connectivity index is 2.27. The number of benzene rings is 1. The predicted molar refractivity (Wildman–Crippen MR) is 98.1 cm³/mol. The first-order valence-electron chi connectivity index (χ1n) is 7.22. The number of hydrogen-bond acceptors (Lipinski definition) is 5. The van der Waals surface area contributed by atoms with Crippen LogP contribution < -0.4 is 0 Å². The third kappa shape index (κ3) is 3.13. The Bertz CT molecular complexity index is 1010. The zero-order valence-corrected chi connectivity index (χ0v) is 15.6. The van der Waals surface area contributed by atoms with Crippen molar-refractivity contribution in [1.82, 2.24) is 4.57 Å². The summed E-state index contributed by atoms with van der Waals surface area (Å²) < 4.78 is 6.71. The molecule has 0 aliphatic heterocycles. The topological polar surface area (TPSA) is 68.5 Å². The number of esters is 1. The SMILES string of the molecule is COC(=O)Cc1c(C)n(C(=O)c2ccc(Cl)s2)c2cc(Cl)c(O)cc12. The molecule has 0 aliphatic carbocycles. The van der Waals surface area contributed by atoms with Crippen molar-refractivity contribution in [3.05, 3.63) is 49.8 Å². The van der Waals surface area contributed by atoms with Gasteiger partial charge in [0.15, 0.2) is 0 Å². The van der Waals surface area contributed by atoms with E-state index in [1.54, 1.807) is 19.1 Å². The molecule has 2 aromatic heterocycles. The molecule has 0 saturated carbocycles. The molecule has 2 heterocycles. The van der Waals surface area contributed by atoms with Gasteiger partial charge in [0.1, 0.15) is 5.75 Å². The molecular formula is C17H13Cl2NO4S. The fourth-order valence-electron chi connectivity index (χ4n) is 2.73. The largest absolute Gasteiger partial charge is 0.506 e. The van der Waals surface area contributed by atoms with E-state index in [1.165, 1.54) is 23.8 Å². The molecule has 0 unspecified atom stereocenters. The van der Waals surface area contributed by atoms with Gasteiger partial charge in [0.2, 0.25) is 0 Å². The van der Waals surface area contributed by atoms with Gasteiger partial charge in [-0.05, 0) is 36.8 Å². The average Bonchev–Trinajstić information content (AvgIpc) is 3.11. The second-order valence-electron chi connectivity index (χ2n) is 5.38. The van der Waals surface area contributed by atoms with Crippen LogP contribution in [-0.4, -0.2) is 28.7 Å². The Kier molecular flexibility index (Phi) is 4.77. The summed E-state index contributed by atoms with van der Waals surface area (Å²) in [6, 6.07) is 6.25. The molecule has 3 aromatic rings. The van der Waals surface area contributed by atoms with Crippen molar-refractivity contribution < 1.29 is 19.4 Å². The Morgan fingerprint density at radius 1 is 1.28 bits per heavy atom. The van der Waals surface area contributed by atoms with Gasteiger partial charge < -0.3 is 9.84 Å². The number of carbonyl (C=O) groups is 2. The molecule has 5 nitrogen and oxygen atoms in total. The summed E-state index contributed by atoms with van der Waals surface area (Å²) in [5.74, 6) is -0.843. The molecule has 0 radical (unpaired) electrons. The molecule has 25 heavy (non-hydrogen) atoms. The molecule has 3 rings (SSSR count). The van der Waals surface area contributed by atoms with Gasteiger partial charge >= 0.3 is 5.97 Å². The van der Waals surface area contributed by atoms with Crippen LogP contribution in [0.1, 0.15) is 20.9 Å². The molecule has 130 valence electrons. The number of carbonyl (C=O) groups excluding carboxylic acids is 2. The van der Waals surface area contributed by atoms with Crippen molar-refractivity contribution in [2.24, 2.45) is 0 Å². The quantitative estimate of drug-likeness (QED) is 0.663. The van der Waals surface area contributed by atoms with E-state index in [1.807, 2.05) is 0 Å². The Morgan fingerprint density at radius 3 is 2.60 bits per heavy atom. The van der Waals surface area contributed by atoms with Crippen LogP contribution in [0.3, 0.4) is 0 Å². The zero-order chi connectivity index (χ0) is 18.3. The fraction of sp³-hybridized carbons (Fsp3) is 0.176. The van der Waals surface area contributed by atoms with E-state index in [0.717, 1.165) is 11.3 Å². The minimum atomic E-state index is -0.441. The van der Waals surface area contributed by atoms with Crippen molar-refractivity contribution in [3.63, 3.8) is 0 Å². The van der Waals surface area contributed by atoms with Crippen molar-refractivity contribution in [2.75, 3.05) is 7.11 Å². The lowest BCUT2D eigenvalue weighted by Crippen LogP contribution is -2.13. The van der Waals surface area contributed by atoms with Gasteiger partial charge in [-0.1, -0.05) is 23.2 Å². The number of aromatic nitrogens is 1. The molecule has 0 atom stereocenters. The van der Waals surface area contributed by atoms with Crippen molar-refractivity contribution in [3.8, 4) is 5.75 Å². The molecule has 0 spiro atoms. The van der Waals surface area contributed by atoms with Gasteiger partial charge in [-0.25, -0.2) is 0 Å². The second-order valence-corrected chi connectivity index (χ2v) is 7.50. The smallest absolute Gasteiger partial charge is 0.310 e. The minimum absolute atomic E-state index is 0.0224. The number of halogens is 2. The highest BCUT2D eigenvalue weighted by Gasteiger charge is 2.23. The maximum absolute atomic E-state index is 13.0. The monoisotopic (exact) mass is 397 g/mol. The normalized spacial score (nSPS) is 11.0. The Morgan fingerprint density at radius 2 is 2.00 bits per heavy atom. The van der Waals surface area contributed by atoms with Gasteiger partial charge in [0.05, 0.1) is 33.3 Å². The highest BCUT2D eigenvalue weighted by Crippen LogP contribution is 2.35. The lowest BCUT2D eigenvalue weighted by Gasteiger charge is -2.06. The second kappa shape index (κ2) is 6.71. The van der Waals surface area contributed by atoms with Gasteiger partial charge in [-0.15, -0.1) is 11.3 Å². The van der Waals surface area contributed by atoms with E-state index in [9.17, 15) is 14.7 Å². The summed E-state index contributed by atoms with van der Waals surface area (Å²) in [4.78, 5) is 25.2. The number of methoxy groups -OCH3 is 1. The van der Waals surface area contributed by atoms with Crippen LogP contribution in [0.15, 0.2) is 24.3 Å². The Labute approximate surface area is 157 Å². The number of thiophene rings is 1. The first-order valence-corrected chi connectivity index (χ1v) is 8.80. The first kappa shape index (κ1) is 17.8. The molecule has 0 fully saturated rings. The standard InChI is InChI=1S/C17H13Cl2NO4S/c1-8-9(6-16(22)24-2)10-5-13(21)11(18)7-12(10)20(8)17(23)14-3-4-15(19)25-14/h3-5,7,21H,6H2,1-2H3. The van der Waals surface area contributed by atoms with Crippen LogP contribution in [0, 0.1) is 6.92 Å². The molecule has 8 heteroatoms. The molecule has 0 aliphatic rings. The van der Waals surface area contributed by atoms with Crippen LogP contribution in [-0.2, 0) is 16.0 Å². The number of hydrogen-bond donors (Lipinski definition) is 1. The maximum atomic E-state index is 13.0. The summed E-state index contributed by atoms with van der Waals surface area (Å²) in [7, 11) is 1.30. The summed E-state index contributed by atoms with van der Waals surface area (Å²) >= 11 is 13.1. The van der Waals surface area contributed by atoms with Crippen molar-refractivity contribution >= 4 is 57.3 Å². The van der Waals surface area contributed by atoms with Crippen LogP contribution in [0.5, 0.6) is 5.75 Å². The van der Waals surface area contributed by atoms with E-state index in [-0.39, 0.29) is 23.1 Å². The number of phenolic OH excluding ortho intramolecular Hbond substituents is 1. The van der Waals surface area contributed by atoms with E-state index in [2.05, 4.69) is 0 Å². The summed E-state index contributed by atoms with van der Waals surface area (Å²) in [6.45, 7) is 1.73. The molecule has 0 bridgehead atoms. The predicted octanol–water partition coefficient (Wildman–Crippen LogP) is 4.43. The third-order valence-corrected chi connectivity index (χ3v) is 5.46. The van der Waals surface area contributed by atoms with Crippen LogP contribution in [0.2, 0.25) is 9.36 Å². The summed E-state index contributed by atoms with van der Waals surface area (Å²) in [6.07, 6.45) is -0.0224. The summed E-state index contributed by atoms with van der Waals surface area (Å²) in [5, 5.41) is 10.6. The molecular weight excluding hydrogens is 385 g/mol. The number of aromatic hydroxyl groups is 1. The van der Waals surface area contributed by atoms with Crippen LogP contribution in [0.4, 0.5) is 0 Å². The van der Waals surface area contributed by atoms with E-state index in [4.69, 9.17) is 27.9 Å². The minimum Gasteiger partial charge on any atom is -0.506 e. The Hall–Kier alpha value is -2.02. The number of rotatable bonds is 3. The van der Waals surface area contributed by atoms with E-state index in [0.29, 0.717) is 31.4 Å². The lowest BCUT2D eigenvalue weighted by atomic mass is 10.1. The van der Waals surface area contributed by atoms with Crippen LogP contribution >= 0.6 is 34.5 Å². The van der Waals surface area contributed by atoms with Crippen LogP contribution in [0.25, 0.3) is 10.9 Å². The average molecular weight is 398 g/mol. The highest BCUT2D eigenvalue weighted by molar-refractivity contribution is 7.18. The molecule has 0 saturated heterocycles. The molecule has 0 amide bonds. The third-order valence-electron chi connectivity index (χ3n) is 3.94. The summed E-state index contributed by atoms with van der Waals surface area (Å²) in [5.41, 5.74) is 1.69. The number of nitrogens with zero attached hydrogens (tertiary/aromatic N) is 1. The first-order chi connectivity index (χ1) is 11.8. The van der Waals surface area contributed by atoms with Crippen molar-refractivity contribution in [2.45, 2.75) is 13.3 Å². The maximum Gasteiger partial charge on any atom is 0.310 e. The van der Waals surface area contributed by atoms with E-state index < -0.39 is 5.97 Å². The number of fused-ring (bicyclic) bond motifs is 1. The molecule has 1 aromatic carbocycles. The van der Waals surface area contributed by atoms with Gasteiger partial charge in [-0.3, -0.25) is 14.2 Å². The van der Waals surface area contributed by atoms with E-state index >= 15 is 0 Å². The van der Waals surface area contributed by atoms with Gasteiger partial charge in [-0.2, -0.15) is 0 Å². The number of ether oxygens (including phenoxy) is 1.